The Balaban J connectivity index is 1.95. The zero-order chi connectivity index (χ0) is 14.7. The van der Waals surface area contributed by atoms with Gasteiger partial charge in [0.2, 0.25) is 6.20 Å². The molecule has 0 aliphatic heterocycles. The fourth-order valence-corrected chi connectivity index (χ4v) is 2.01. The molecule has 1 aromatic carbocycles. The van der Waals surface area contributed by atoms with E-state index >= 15 is 0 Å². The second kappa shape index (κ2) is 5.46. The lowest BCUT2D eigenvalue weighted by Crippen LogP contribution is -1.85. The molecule has 0 unspecified atom stereocenters. The van der Waals surface area contributed by atoms with E-state index < -0.39 is 4.92 Å². The van der Waals surface area contributed by atoms with Gasteiger partial charge in [-0.1, -0.05) is 0 Å². The van der Waals surface area contributed by atoms with Crippen molar-refractivity contribution in [3.05, 3.63) is 70.8 Å². The number of pyridine rings is 1. The van der Waals surface area contributed by atoms with Crippen LogP contribution in [0.2, 0.25) is 0 Å². The highest BCUT2D eigenvalue weighted by Gasteiger charge is 2.05. The molecule has 0 aliphatic rings. The molecule has 21 heavy (non-hydrogen) atoms. The van der Waals surface area contributed by atoms with Gasteiger partial charge in [-0.15, -0.1) is 0 Å². The van der Waals surface area contributed by atoms with Gasteiger partial charge in [-0.2, -0.15) is 0 Å². The summed E-state index contributed by atoms with van der Waals surface area (Å²) in [6.07, 6.45) is 7.38. The molecule has 3 rings (SSSR count). The molecule has 0 atom stereocenters. The Morgan fingerprint density at radius 2 is 2.19 bits per heavy atom. The van der Waals surface area contributed by atoms with Crippen LogP contribution in [0.5, 0.6) is 11.5 Å². The zero-order valence-corrected chi connectivity index (χ0v) is 10.9. The van der Waals surface area contributed by atoms with Gasteiger partial charge in [-0.25, -0.2) is 0 Å². The zero-order valence-electron chi connectivity index (χ0n) is 10.9. The van der Waals surface area contributed by atoms with Crippen LogP contribution in [0, 0.1) is 10.1 Å². The van der Waals surface area contributed by atoms with Crippen LogP contribution in [0.1, 0.15) is 5.56 Å². The number of benzene rings is 1. The fraction of sp³-hybridized carbons (Fsp3) is 0. The van der Waals surface area contributed by atoms with E-state index in [0.717, 1.165) is 22.7 Å². The molecule has 0 bridgehead atoms. The summed E-state index contributed by atoms with van der Waals surface area (Å²) in [7, 11) is 0. The highest BCUT2D eigenvalue weighted by atomic mass is 16.6. The summed E-state index contributed by atoms with van der Waals surface area (Å²) in [4.78, 5) is 17.0. The van der Waals surface area contributed by atoms with Crippen LogP contribution in [-0.2, 0) is 0 Å². The van der Waals surface area contributed by atoms with Crippen molar-refractivity contribution in [2.45, 2.75) is 0 Å². The SMILES string of the molecule is O=[N+]([O-])/C=C/c1c[nH]c2ccc(Oc3cccnc3)cc12. The summed E-state index contributed by atoms with van der Waals surface area (Å²) in [5, 5.41) is 11.3. The van der Waals surface area contributed by atoms with E-state index in [2.05, 4.69) is 9.97 Å². The molecule has 2 heterocycles. The van der Waals surface area contributed by atoms with Crippen molar-refractivity contribution >= 4 is 17.0 Å². The quantitative estimate of drug-likeness (QED) is 0.585. The Morgan fingerprint density at radius 3 is 2.95 bits per heavy atom. The van der Waals surface area contributed by atoms with E-state index in [1.54, 1.807) is 24.7 Å². The third kappa shape index (κ3) is 2.89. The van der Waals surface area contributed by atoms with Crippen molar-refractivity contribution < 1.29 is 9.66 Å². The van der Waals surface area contributed by atoms with Gasteiger partial charge in [-0.3, -0.25) is 15.1 Å². The maximum Gasteiger partial charge on any atom is 0.235 e. The van der Waals surface area contributed by atoms with Crippen LogP contribution in [0.3, 0.4) is 0 Å². The predicted molar refractivity (Wildman–Crippen MR) is 78.6 cm³/mol. The van der Waals surface area contributed by atoms with Crippen molar-refractivity contribution in [3.8, 4) is 11.5 Å². The Labute approximate surface area is 119 Å². The van der Waals surface area contributed by atoms with E-state index in [0.29, 0.717) is 11.5 Å². The van der Waals surface area contributed by atoms with Crippen LogP contribution >= 0.6 is 0 Å². The number of nitro groups is 1. The summed E-state index contributed by atoms with van der Waals surface area (Å²) in [6.45, 7) is 0. The van der Waals surface area contributed by atoms with Crippen LogP contribution in [-0.4, -0.2) is 14.9 Å². The van der Waals surface area contributed by atoms with Gasteiger partial charge in [0.05, 0.1) is 11.1 Å². The van der Waals surface area contributed by atoms with E-state index in [1.165, 1.54) is 6.08 Å². The minimum Gasteiger partial charge on any atom is -0.456 e. The summed E-state index contributed by atoms with van der Waals surface area (Å²) in [6, 6.07) is 9.12. The largest absolute Gasteiger partial charge is 0.456 e. The van der Waals surface area contributed by atoms with E-state index in [-0.39, 0.29) is 0 Å². The first-order chi connectivity index (χ1) is 10.2. The summed E-state index contributed by atoms with van der Waals surface area (Å²) >= 11 is 0. The van der Waals surface area contributed by atoms with Crippen molar-refractivity contribution in [3.63, 3.8) is 0 Å². The summed E-state index contributed by atoms with van der Waals surface area (Å²) in [5.41, 5.74) is 1.62. The second-order valence-electron chi connectivity index (χ2n) is 4.34. The Kier molecular flexibility index (Phi) is 3.34. The number of aromatic amines is 1. The summed E-state index contributed by atoms with van der Waals surface area (Å²) < 4.78 is 5.70. The molecule has 1 N–H and O–H groups in total. The number of ether oxygens (including phenoxy) is 1. The van der Waals surface area contributed by atoms with Gasteiger partial charge in [-0.05, 0) is 30.3 Å². The Hall–Kier alpha value is -3.15. The molecule has 0 amide bonds. The van der Waals surface area contributed by atoms with E-state index in [1.807, 2.05) is 24.3 Å². The maximum absolute atomic E-state index is 10.4. The van der Waals surface area contributed by atoms with Crippen molar-refractivity contribution in [1.82, 2.24) is 9.97 Å². The molecule has 3 aromatic rings. The number of nitrogens with zero attached hydrogens (tertiary/aromatic N) is 2. The minimum absolute atomic E-state index is 0.491. The number of fused-ring (bicyclic) bond motifs is 1. The molecule has 6 heteroatoms. The minimum atomic E-state index is -0.491. The maximum atomic E-state index is 10.4. The molecule has 0 saturated heterocycles. The second-order valence-corrected chi connectivity index (χ2v) is 4.34. The molecule has 0 spiro atoms. The highest BCUT2D eigenvalue weighted by Crippen LogP contribution is 2.27. The fourth-order valence-electron chi connectivity index (χ4n) is 2.01. The molecule has 2 aromatic heterocycles. The van der Waals surface area contributed by atoms with Gasteiger partial charge in [0.15, 0.2) is 0 Å². The Morgan fingerprint density at radius 1 is 1.29 bits per heavy atom. The van der Waals surface area contributed by atoms with Crippen LogP contribution in [0.15, 0.2) is 55.1 Å². The van der Waals surface area contributed by atoms with E-state index in [9.17, 15) is 10.1 Å². The average molecular weight is 281 g/mol. The molecular weight excluding hydrogens is 270 g/mol. The highest BCUT2D eigenvalue weighted by molar-refractivity contribution is 5.89. The van der Waals surface area contributed by atoms with Gasteiger partial charge in [0.1, 0.15) is 11.5 Å². The van der Waals surface area contributed by atoms with E-state index in [4.69, 9.17) is 4.74 Å². The van der Waals surface area contributed by atoms with Gasteiger partial charge in [0.25, 0.3) is 0 Å². The number of H-pyrrole nitrogens is 1. The molecule has 6 nitrogen and oxygen atoms in total. The molecule has 0 radical (unpaired) electrons. The third-order valence-corrected chi connectivity index (χ3v) is 2.93. The predicted octanol–water partition coefficient (Wildman–Crippen LogP) is 3.60. The van der Waals surface area contributed by atoms with Crippen LogP contribution < -0.4 is 4.74 Å². The monoisotopic (exact) mass is 281 g/mol. The third-order valence-electron chi connectivity index (χ3n) is 2.93. The first-order valence-corrected chi connectivity index (χ1v) is 6.23. The number of nitrogens with one attached hydrogen (secondary N) is 1. The lowest BCUT2D eigenvalue weighted by atomic mass is 10.1. The van der Waals surface area contributed by atoms with Crippen molar-refractivity contribution in [1.29, 1.82) is 0 Å². The first-order valence-electron chi connectivity index (χ1n) is 6.23. The Bertz CT molecular complexity index is 809. The topological polar surface area (TPSA) is 81.0 Å². The molecule has 104 valence electrons. The standard InChI is InChI=1S/C15H11N3O3/c19-18(20)7-5-11-9-17-15-4-3-12(8-14(11)15)21-13-2-1-6-16-10-13/h1-10,17H/b7-5+. The number of hydrogen-bond donors (Lipinski definition) is 1. The van der Waals surface area contributed by atoms with Crippen LogP contribution in [0.4, 0.5) is 0 Å². The van der Waals surface area contributed by atoms with Crippen molar-refractivity contribution in [2.75, 3.05) is 0 Å². The number of rotatable bonds is 4. The first kappa shape index (κ1) is 12.9. The number of hydrogen-bond acceptors (Lipinski definition) is 4. The molecule has 0 fully saturated rings. The van der Waals surface area contributed by atoms with Gasteiger partial charge in [0, 0.05) is 34.9 Å². The number of aromatic nitrogens is 2. The van der Waals surface area contributed by atoms with Crippen molar-refractivity contribution in [2.24, 2.45) is 0 Å². The molecule has 0 saturated carbocycles. The van der Waals surface area contributed by atoms with Gasteiger partial charge >= 0.3 is 0 Å². The normalized spacial score (nSPS) is 11.0. The van der Waals surface area contributed by atoms with Gasteiger partial charge < -0.3 is 9.72 Å². The molecular formula is C15H11N3O3. The molecule has 0 aliphatic carbocycles. The lowest BCUT2D eigenvalue weighted by Gasteiger charge is -2.05. The smallest absolute Gasteiger partial charge is 0.235 e. The summed E-state index contributed by atoms with van der Waals surface area (Å²) in [5.74, 6) is 1.28. The van der Waals surface area contributed by atoms with Crippen LogP contribution in [0.25, 0.3) is 17.0 Å². The lowest BCUT2D eigenvalue weighted by molar-refractivity contribution is -0.400. The average Bonchev–Trinajstić information content (AvgIpc) is 2.88.